The van der Waals surface area contributed by atoms with Crippen molar-refractivity contribution in [2.45, 2.75) is 19.3 Å². The van der Waals surface area contributed by atoms with E-state index in [1.807, 2.05) is 31.4 Å². The number of nitrogens with one attached hydrogen (secondary N) is 1. The van der Waals surface area contributed by atoms with Gasteiger partial charge in [0.25, 0.3) is 0 Å². The molecule has 0 aliphatic carbocycles. The van der Waals surface area contributed by atoms with Crippen LogP contribution >= 0.6 is 0 Å². The lowest BCUT2D eigenvalue weighted by molar-refractivity contribution is -0.116. The molecule has 1 unspecified atom stereocenters. The van der Waals surface area contributed by atoms with Gasteiger partial charge >= 0.3 is 0 Å². The number of para-hydroxylation sites is 1. The number of likely N-dealkylation sites (N-methyl/N-ethyl adjacent to an activating group) is 1. The average Bonchev–Trinajstić information content (AvgIpc) is 3.08. The molecule has 0 bridgehead atoms. The zero-order chi connectivity index (χ0) is 19.5. The summed E-state index contributed by atoms with van der Waals surface area (Å²) in [7, 11) is 1.88. The molecule has 150 valence electrons. The number of rotatable bonds is 6. The lowest BCUT2D eigenvalue weighted by Gasteiger charge is -2.34. The number of ether oxygens (including phenoxy) is 1. The van der Waals surface area contributed by atoms with Crippen LogP contribution < -0.4 is 10.1 Å². The van der Waals surface area contributed by atoms with Crippen LogP contribution in [0.3, 0.4) is 0 Å². The van der Waals surface area contributed by atoms with Crippen LogP contribution in [0.25, 0.3) is 0 Å². The van der Waals surface area contributed by atoms with Gasteiger partial charge in [-0.3, -0.25) is 14.4 Å². The first-order valence-corrected chi connectivity index (χ1v) is 10.1. The SMILES string of the molecule is CCN1CCN(CCOc2ccccc2C2CC(=O)Nc3nn(C)cc32)CC1. The molecule has 7 nitrogen and oxygen atoms in total. The van der Waals surface area contributed by atoms with E-state index in [2.05, 4.69) is 33.2 Å². The molecule has 2 aliphatic rings. The molecule has 0 saturated carbocycles. The molecule has 4 rings (SSSR count). The maximum Gasteiger partial charge on any atom is 0.226 e. The first-order chi connectivity index (χ1) is 13.6. The largest absolute Gasteiger partial charge is 0.492 e. The number of fused-ring (bicyclic) bond motifs is 1. The Morgan fingerprint density at radius 2 is 1.89 bits per heavy atom. The standard InChI is InChI=1S/C21H29N5O2/c1-3-25-8-10-26(11-9-25)12-13-28-19-7-5-4-6-16(19)17-14-20(27)22-21-18(17)15-24(2)23-21/h4-7,15,17H,3,8-14H2,1-2H3,(H,22,23,27). The normalized spacial score (nSPS) is 20.6. The van der Waals surface area contributed by atoms with E-state index in [1.54, 1.807) is 4.68 Å². The minimum absolute atomic E-state index is 0.000187. The van der Waals surface area contributed by atoms with Crippen molar-refractivity contribution in [1.82, 2.24) is 19.6 Å². The molecule has 0 radical (unpaired) electrons. The second-order valence-electron chi connectivity index (χ2n) is 7.57. The minimum atomic E-state index is -0.0262. The van der Waals surface area contributed by atoms with Gasteiger partial charge in [-0.1, -0.05) is 25.1 Å². The zero-order valence-electron chi connectivity index (χ0n) is 16.7. The maximum atomic E-state index is 12.2. The highest BCUT2D eigenvalue weighted by Gasteiger charge is 2.30. The molecule has 3 heterocycles. The third-order valence-electron chi connectivity index (χ3n) is 5.75. The van der Waals surface area contributed by atoms with Crippen molar-refractivity contribution in [3.8, 4) is 5.75 Å². The van der Waals surface area contributed by atoms with Crippen molar-refractivity contribution in [2.75, 3.05) is 51.2 Å². The Morgan fingerprint density at radius 3 is 2.68 bits per heavy atom. The number of anilines is 1. The average molecular weight is 383 g/mol. The Bertz CT molecular complexity index is 826. The predicted octanol–water partition coefficient (Wildman–Crippen LogP) is 1.91. The third-order valence-corrected chi connectivity index (χ3v) is 5.75. The van der Waals surface area contributed by atoms with Crippen molar-refractivity contribution in [2.24, 2.45) is 7.05 Å². The van der Waals surface area contributed by atoms with E-state index in [-0.39, 0.29) is 11.8 Å². The van der Waals surface area contributed by atoms with E-state index in [0.29, 0.717) is 18.8 Å². The summed E-state index contributed by atoms with van der Waals surface area (Å²) in [6, 6.07) is 8.07. The minimum Gasteiger partial charge on any atom is -0.492 e. The highest BCUT2D eigenvalue weighted by atomic mass is 16.5. The molecule has 1 atom stereocenters. The number of carbonyl (C=O) groups excluding carboxylic acids is 1. The quantitative estimate of drug-likeness (QED) is 0.826. The summed E-state index contributed by atoms with van der Waals surface area (Å²) < 4.78 is 7.94. The summed E-state index contributed by atoms with van der Waals surface area (Å²) in [5.41, 5.74) is 2.11. The van der Waals surface area contributed by atoms with Gasteiger partial charge < -0.3 is 15.0 Å². The zero-order valence-corrected chi connectivity index (χ0v) is 16.7. The summed E-state index contributed by atoms with van der Waals surface area (Å²) >= 11 is 0. The number of benzene rings is 1. The van der Waals surface area contributed by atoms with E-state index in [1.165, 1.54) is 0 Å². The van der Waals surface area contributed by atoms with E-state index >= 15 is 0 Å². The van der Waals surface area contributed by atoms with Crippen LogP contribution in [0, 0.1) is 0 Å². The van der Waals surface area contributed by atoms with Gasteiger partial charge in [0.05, 0.1) is 0 Å². The lowest BCUT2D eigenvalue weighted by atomic mass is 9.87. The second-order valence-corrected chi connectivity index (χ2v) is 7.57. The van der Waals surface area contributed by atoms with Gasteiger partial charge in [0, 0.05) is 69.4 Å². The number of piperazine rings is 1. The summed E-state index contributed by atoms with van der Waals surface area (Å²) in [5.74, 6) is 1.50. The van der Waals surface area contributed by atoms with Crippen molar-refractivity contribution in [3.05, 3.63) is 41.6 Å². The van der Waals surface area contributed by atoms with Crippen LogP contribution in [0.1, 0.15) is 30.4 Å². The fraction of sp³-hybridized carbons (Fsp3) is 0.524. The number of nitrogens with zero attached hydrogens (tertiary/aromatic N) is 4. The fourth-order valence-electron chi connectivity index (χ4n) is 4.13. The summed E-state index contributed by atoms with van der Waals surface area (Å²) in [4.78, 5) is 17.1. The van der Waals surface area contributed by atoms with Gasteiger partial charge in [0.1, 0.15) is 12.4 Å². The van der Waals surface area contributed by atoms with Crippen LogP contribution in [0.2, 0.25) is 0 Å². The van der Waals surface area contributed by atoms with Crippen LogP contribution in [0.4, 0.5) is 5.82 Å². The van der Waals surface area contributed by atoms with Gasteiger partial charge in [-0.15, -0.1) is 0 Å². The van der Waals surface area contributed by atoms with Crippen LogP contribution in [-0.4, -0.2) is 71.4 Å². The highest BCUT2D eigenvalue weighted by molar-refractivity contribution is 5.94. The molecule has 2 aromatic rings. The van der Waals surface area contributed by atoms with Crippen molar-refractivity contribution in [3.63, 3.8) is 0 Å². The Labute approximate surface area is 166 Å². The van der Waals surface area contributed by atoms with Crippen molar-refractivity contribution < 1.29 is 9.53 Å². The Kier molecular flexibility index (Phi) is 5.64. The summed E-state index contributed by atoms with van der Waals surface area (Å²) in [6.45, 7) is 9.39. The predicted molar refractivity (Wildman–Crippen MR) is 109 cm³/mol. The summed E-state index contributed by atoms with van der Waals surface area (Å²) in [6.07, 6.45) is 2.40. The molecular formula is C21H29N5O2. The first kappa shape index (κ1) is 19.0. The van der Waals surface area contributed by atoms with Crippen LogP contribution in [0.15, 0.2) is 30.5 Å². The molecule has 2 aliphatic heterocycles. The highest BCUT2D eigenvalue weighted by Crippen LogP contribution is 2.40. The number of carbonyl (C=O) groups is 1. The smallest absolute Gasteiger partial charge is 0.226 e. The van der Waals surface area contributed by atoms with E-state index in [9.17, 15) is 4.79 Å². The van der Waals surface area contributed by atoms with Crippen molar-refractivity contribution >= 4 is 11.7 Å². The lowest BCUT2D eigenvalue weighted by Crippen LogP contribution is -2.47. The van der Waals surface area contributed by atoms with Gasteiger partial charge in [-0.05, 0) is 12.6 Å². The van der Waals surface area contributed by atoms with Gasteiger partial charge in [0.15, 0.2) is 5.82 Å². The number of aryl methyl sites for hydroxylation is 1. The van der Waals surface area contributed by atoms with Crippen LogP contribution in [0.5, 0.6) is 5.75 Å². The molecule has 1 fully saturated rings. The summed E-state index contributed by atoms with van der Waals surface area (Å²) in [5, 5.41) is 7.25. The third kappa shape index (κ3) is 4.05. The maximum absolute atomic E-state index is 12.2. The van der Waals surface area contributed by atoms with E-state index in [0.717, 1.165) is 56.1 Å². The topological polar surface area (TPSA) is 62.6 Å². The monoisotopic (exact) mass is 383 g/mol. The number of hydrogen-bond acceptors (Lipinski definition) is 5. The second kappa shape index (κ2) is 8.32. The molecule has 0 spiro atoms. The van der Waals surface area contributed by atoms with Gasteiger partial charge in [-0.2, -0.15) is 5.10 Å². The Balaban J connectivity index is 1.44. The number of hydrogen-bond donors (Lipinski definition) is 1. The molecule has 1 saturated heterocycles. The first-order valence-electron chi connectivity index (χ1n) is 10.1. The fourth-order valence-corrected chi connectivity index (χ4v) is 4.13. The van der Waals surface area contributed by atoms with Gasteiger partial charge in [0.2, 0.25) is 5.91 Å². The molecular weight excluding hydrogens is 354 g/mol. The molecule has 1 amide bonds. The van der Waals surface area contributed by atoms with Crippen LogP contribution in [-0.2, 0) is 11.8 Å². The van der Waals surface area contributed by atoms with E-state index in [4.69, 9.17) is 4.74 Å². The van der Waals surface area contributed by atoms with E-state index < -0.39 is 0 Å². The Hall–Kier alpha value is -2.38. The number of amides is 1. The molecule has 1 aromatic carbocycles. The Morgan fingerprint density at radius 1 is 1.14 bits per heavy atom. The molecule has 1 aromatic heterocycles. The molecule has 28 heavy (non-hydrogen) atoms. The van der Waals surface area contributed by atoms with Gasteiger partial charge in [-0.25, -0.2) is 0 Å². The molecule has 1 N–H and O–H groups in total. The van der Waals surface area contributed by atoms with Crippen molar-refractivity contribution in [1.29, 1.82) is 0 Å². The number of aromatic nitrogens is 2. The molecule has 7 heteroatoms.